The van der Waals surface area contributed by atoms with E-state index < -0.39 is 6.09 Å². The van der Waals surface area contributed by atoms with E-state index in [9.17, 15) is 9.90 Å². The average molecular weight is 248 g/mol. The summed E-state index contributed by atoms with van der Waals surface area (Å²) >= 11 is 0. The standard InChI is InChI=1S/C14H20N2O2/c1-10-9-15(13(17)18)11-7-5-6-8-12(11)16(10)14(2,3)4/h5-8,10H,9H2,1-4H3,(H,17,18). The Morgan fingerprint density at radius 2 is 1.83 bits per heavy atom. The highest BCUT2D eigenvalue weighted by atomic mass is 16.4. The Kier molecular flexibility index (Phi) is 2.97. The van der Waals surface area contributed by atoms with Crippen LogP contribution in [-0.2, 0) is 0 Å². The molecule has 1 unspecified atom stereocenters. The first-order valence-corrected chi connectivity index (χ1v) is 6.21. The molecule has 0 radical (unpaired) electrons. The quantitative estimate of drug-likeness (QED) is 0.767. The minimum absolute atomic E-state index is 0.0277. The number of amides is 1. The van der Waals surface area contributed by atoms with Crippen LogP contribution >= 0.6 is 0 Å². The lowest BCUT2D eigenvalue weighted by Crippen LogP contribution is -2.56. The third kappa shape index (κ3) is 2.03. The molecule has 1 N–H and O–H groups in total. The zero-order chi connectivity index (χ0) is 13.5. The van der Waals surface area contributed by atoms with E-state index in [1.165, 1.54) is 4.90 Å². The summed E-state index contributed by atoms with van der Waals surface area (Å²) < 4.78 is 0. The number of carboxylic acid groups (broad SMARTS) is 1. The van der Waals surface area contributed by atoms with Crippen LogP contribution < -0.4 is 9.80 Å². The monoisotopic (exact) mass is 248 g/mol. The van der Waals surface area contributed by atoms with Crippen molar-refractivity contribution in [3.05, 3.63) is 24.3 Å². The molecule has 1 aliphatic rings. The third-order valence-electron chi connectivity index (χ3n) is 3.27. The summed E-state index contributed by atoms with van der Waals surface area (Å²) in [6.45, 7) is 9.02. The fourth-order valence-electron chi connectivity index (χ4n) is 2.78. The second-order valence-electron chi connectivity index (χ2n) is 5.77. The van der Waals surface area contributed by atoms with Gasteiger partial charge in [0.1, 0.15) is 0 Å². The first-order valence-electron chi connectivity index (χ1n) is 6.21. The van der Waals surface area contributed by atoms with Crippen LogP contribution in [0.15, 0.2) is 24.3 Å². The van der Waals surface area contributed by atoms with Crippen molar-refractivity contribution < 1.29 is 9.90 Å². The number of hydrogen-bond donors (Lipinski definition) is 1. The van der Waals surface area contributed by atoms with Gasteiger partial charge in [0.05, 0.1) is 11.4 Å². The molecule has 18 heavy (non-hydrogen) atoms. The van der Waals surface area contributed by atoms with Gasteiger partial charge in [0, 0.05) is 18.1 Å². The van der Waals surface area contributed by atoms with Gasteiger partial charge in [0.15, 0.2) is 0 Å². The molecule has 4 nitrogen and oxygen atoms in total. The average Bonchev–Trinajstić information content (AvgIpc) is 2.25. The number of para-hydroxylation sites is 2. The number of rotatable bonds is 0. The lowest BCUT2D eigenvalue weighted by Gasteiger charge is -2.48. The van der Waals surface area contributed by atoms with Gasteiger partial charge in [-0.2, -0.15) is 0 Å². The Morgan fingerprint density at radius 1 is 1.28 bits per heavy atom. The first kappa shape index (κ1) is 12.7. The summed E-state index contributed by atoms with van der Waals surface area (Å²) in [7, 11) is 0. The number of anilines is 2. The fourth-order valence-corrected chi connectivity index (χ4v) is 2.78. The maximum atomic E-state index is 11.3. The van der Waals surface area contributed by atoms with Gasteiger partial charge in [0.2, 0.25) is 0 Å². The molecule has 0 aliphatic carbocycles. The summed E-state index contributed by atoms with van der Waals surface area (Å²) in [6, 6.07) is 7.86. The summed E-state index contributed by atoms with van der Waals surface area (Å²) in [5, 5.41) is 9.30. The summed E-state index contributed by atoms with van der Waals surface area (Å²) in [4.78, 5) is 15.1. The van der Waals surface area contributed by atoms with Crippen LogP contribution in [0.5, 0.6) is 0 Å². The van der Waals surface area contributed by atoms with E-state index in [0.29, 0.717) is 6.54 Å². The van der Waals surface area contributed by atoms with Gasteiger partial charge in [-0.05, 0) is 39.8 Å². The van der Waals surface area contributed by atoms with Crippen LogP contribution in [0, 0.1) is 0 Å². The van der Waals surface area contributed by atoms with Crippen molar-refractivity contribution in [2.24, 2.45) is 0 Å². The Labute approximate surface area is 108 Å². The van der Waals surface area contributed by atoms with E-state index in [1.54, 1.807) is 0 Å². The maximum absolute atomic E-state index is 11.3. The third-order valence-corrected chi connectivity index (χ3v) is 3.27. The van der Waals surface area contributed by atoms with Crippen molar-refractivity contribution in [2.75, 3.05) is 16.3 Å². The molecule has 0 saturated heterocycles. The summed E-state index contributed by atoms with van der Waals surface area (Å²) in [5.41, 5.74) is 1.74. The second-order valence-corrected chi connectivity index (χ2v) is 5.77. The number of carbonyl (C=O) groups is 1. The number of benzene rings is 1. The van der Waals surface area contributed by atoms with E-state index in [0.717, 1.165) is 11.4 Å². The van der Waals surface area contributed by atoms with Gasteiger partial charge in [-0.3, -0.25) is 4.90 Å². The van der Waals surface area contributed by atoms with Crippen LogP contribution in [-0.4, -0.2) is 29.3 Å². The van der Waals surface area contributed by atoms with Gasteiger partial charge in [-0.15, -0.1) is 0 Å². The highest BCUT2D eigenvalue weighted by Gasteiger charge is 2.36. The lowest BCUT2D eigenvalue weighted by atomic mass is 9.98. The van der Waals surface area contributed by atoms with E-state index in [2.05, 4.69) is 32.6 Å². The van der Waals surface area contributed by atoms with Crippen molar-refractivity contribution in [1.29, 1.82) is 0 Å². The number of nitrogens with zero attached hydrogens (tertiary/aromatic N) is 2. The highest BCUT2D eigenvalue weighted by molar-refractivity contribution is 5.93. The summed E-state index contributed by atoms with van der Waals surface area (Å²) in [5.74, 6) is 0. The molecule has 0 aromatic heterocycles. The predicted octanol–water partition coefficient (Wildman–Crippen LogP) is 3.18. The predicted molar refractivity (Wildman–Crippen MR) is 73.5 cm³/mol. The van der Waals surface area contributed by atoms with Crippen molar-refractivity contribution >= 4 is 17.5 Å². The Morgan fingerprint density at radius 3 is 2.33 bits per heavy atom. The largest absolute Gasteiger partial charge is 0.465 e. The number of hydrogen-bond acceptors (Lipinski definition) is 2. The van der Waals surface area contributed by atoms with Crippen molar-refractivity contribution in [3.8, 4) is 0 Å². The molecular weight excluding hydrogens is 228 g/mol. The van der Waals surface area contributed by atoms with Gasteiger partial charge in [-0.1, -0.05) is 12.1 Å². The van der Waals surface area contributed by atoms with E-state index in [4.69, 9.17) is 0 Å². The topological polar surface area (TPSA) is 43.8 Å². The molecule has 1 amide bonds. The van der Waals surface area contributed by atoms with Gasteiger partial charge in [-0.25, -0.2) is 4.79 Å². The lowest BCUT2D eigenvalue weighted by molar-refractivity contribution is 0.200. The molecule has 4 heteroatoms. The van der Waals surface area contributed by atoms with Crippen LogP contribution in [0.25, 0.3) is 0 Å². The molecule has 98 valence electrons. The molecule has 1 aliphatic heterocycles. The van der Waals surface area contributed by atoms with Crippen LogP contribution in [0.1, 0.15) is 27.7 Å². The van der Waals surface area contributed by atoms with Crippen LogP contribution in [0.2, 0.25) is 0 Å². The zero-order valence-corrected chi connectivity index (χ0v) is 11.3. The highest BCUT2D eigenvalue weighted by Crippen LogP contribution is 2.39. The van der Waals surface area contributed by atoms with Gasteiger partial charge < -0.3 is 10.0 Å². The van der Waals surface area contributed by atoms with Crippen molar-refractivity contribution in [2.45, 2.75) is 39.3 Å². The summed E-state index contributed by atoms with van der Waals surface area (Å²) in [6.07, 6.45) is -0.886. The molecule has 0 saturated carbocycles. The Balaban J connectivity index is 2.55. The molecule has 0 spiro atoms. The van der Waals surface area contributed by atoms with Crippen molar-refractivity contribution in [1.82, 2.24) is 0 Å². The normalized spacial score (nSPS) is 19.7. The Bertz CT molecular complexity index is 465. The van der Waals surface area contributed by atoms with Gasteiger partial charge >= 0.3 is 6.09 Å². The molecule has 1 heterocycles. The van der Waals surface area contributed by atoms with Gasteiger partial charge in [0.25, 0.3) is 0 Å². The smallest absolute Gasteiger partial charge is 0.411 e. The Hall–Kier alpha value is -1.71. The van der Waals surface area contributed by atoms with Crippen LogP contribution in [0.3, 0.4) is 0 Å². The van der Waals surface area contributed by atoms with Crippen LogP contribution in [0.4, 0.5) is 16.2 Å². The molecule has 0 bridgehead atoms. The van der Waals surface area contributed by atoms with E-state index in [-0.39, 0.29) is 11.6 Å². The second kappa shape index (κ2) is 4.19. The minimum Gasteiger partial charge on any atom is -0.465 e. The molecule has 0 fully saturated rings. The maximum Gasteiger partial charge on any atom is 0.411 e. The molecule has 1 aromatic carbocycles. The minimum atomic E-state index is -0.886. The fraction of sp³-hybridized carbons (Fsp3) is 0.500. The van der Waals surface area contributed by atoms with E-state index in [1.807, 2.05) is 24.3 Å². The van der Waals surface area contributed by atoms with E-state index >= 15 is 0 Å². The molecule has 1 atom stereocenters. The molecule has 1 aromatic rings. The van der Waals surface area contributed by atoms with Crippen molar-refractivity contribution in [3.63, 3.8) is 0 Å². The number of fused-ring (bicyclic) bond motifs is 1. The molecular formula is C14H20N2O2. The SMILES string of the molecule is CC1CN(C(=O)O)c2ccccc2N1C(C)(C)C. The zero-order valence-electron chi connectivity index (χ0n) is 11.3. The first-order chi connectivity index (χ1) is 8.32. The molecule has 2 rings (SSSR count).